The molecule has 1 aromatic rings. The maximum absolute atomic E-state index is 12.5. The van der Waals surface area contributed by atoms with Crippen molar-refractivity contribution in [2.45, 2.75) is 70.6 Å². The zero-order chi connectivity index (χ0) is 19.3. The number of nitriles is 1. The van der Waals surface area contributed by atoms with Gasteiger partial charge in [0.15, 0.2) is 0 Å². The molecule has 1 aliphatic carbocycles. The van der Waals surface area contributed by atoms with Crippen LogP contribution in [0.2, 0.25) is 0 Å². The van der Waals surface area contributed by atoms with E-state index >= 15 is 0 Å². The Labute approximate surface area is 154 Å². The maximum atomic E-state index is 12.5. The number of amides is 1. The van der Waals surface area contributed by atoms with Crippen molar-refractivity contribution in [1.29, 1.82) is 5.26 Å². The van der Waals surface area contributed by atoms with Gasteiger partial charge in [0.2, 0.25) is 0 Å². The summed E-state index contributed by atoms with van der Waals surface area (Å²) in [4.78, 5) is 24.7. The van der Waals surface area contributed by atoms with Crippen LogP contribution in [0.5, 0.6) is 0 Å². The minimum absolute atomic E-state index is 0.285. The Hall–Kier alpha value is -2.49. The highest BCUT2D eigenvalue weighted by Crippen LogP contribution is 2.23. The monoisotopic (exact) mass is 361 g/mol. The van der Waals surface area contributed by atoms with E-state index in [-0.39, 0.29) is 6.04 Å². The summed E-state index contributed by atoms with van der Waals surface area (Å²) >= 11 is 0. The molecule has 1 saturated carbocycles. The van der Waals surface area contributed by atoms with E-state index in [2.05, 4.69) is 5.32 Å². The number of alkyl carbamates (subject to hydrolysis) is 1. The molecule has 0 unspecified atom stereocenters. The summed E-state index contributed by atoms with van der Waals surface area (Å²) in [7, 11) is 1.70. The molecule has 142 valence electrons. The van der Waals surface area contributed by atoms with Gasteiger partial charge in [-0.25, -0.2) is 9.59 Å². The van der Waals surface area contributed by atoms with E-state index in [1.165, 1.54) is 6.07 Å². The molecule has 2 atom stereocenters. The molecule has 2 rings (SSSR count). The van der Waals surface area contributed by atoms with Crippen LogP contribution in [0.4, 0.5) is 4.79 Å². The number of carbonyl (C=O) groups excluding carboxylic acids is 2. The van der Waals surface area contributed by atoms with Crippen LogP contribution in [0.1, 0.15) is 68.9 Å². The molecule has 1 aliphatic rings. The fourth-order valence-electron chi connectivity index (χ4n) is 3.07. The van der Waals surface area contributed by atoms with E-state index in [4.69, 9.17) is 14.7 Å². The molecule has 7 nitrogen and oxygen atoms in total. The summed E-state index contributed by atoms with van der Waals surface area (Å²) in [6.45, 7) is 5.41. The number of nitrogens with one attached hydrogen (secondary N) is 1. The Morgan fingerprint density at radius 1 is 1.27 bits per heavy atom. The van der Waals surface area contributed by atoms with Crippen molar-refractivity contribution in [1.82, 2.24) is 9.88 Å². The van der Waals surface area contributed by atoms with Gasteiger partial charge >= 0.3 is 12.1 Å². The van der Waals surface area contributed by atoms with Crippen LogP contribution < -0.4 is 5.32 Å². The predicted molar refractivity (Wildman–Crippen MR) is 95.6 cm³/mol. The first-order chi connectivity index (χ1) is 12.2. The second kappa shape index (κ2) is 8.26. The third-order valence-corrected chi connectivity index (χ3v) is 4.26. The Balaban J connectivity index is 2.07. The molecule has 1 fully saturated rings. The van der Waals surface area contributed by atoms with Crippen molar-refractivity contribution in [2.24, 2.45) is 7.05 Å². The minimum atomic E-state index is -0.586. The van der Waals surface area contributed by atoms with E-state index in [0.717, 1.165) is 25.7 Å². The average Bonchev–Trinajstić information content (AvgIpc) is 2.78. The Bertz CT molecular complexity index is 697. The normalized spacial score (nSPS) is 20.6. The lowest BCUT2D eigenvalue weighted by molar-refractivity contribution is 0.0114. The van der Waals surface area contributed by atoms with Gasteiger partial charge in [-0.1, -0.05) is 12.8 Å². The lowest BCUT2D eigenvalue weighted by Crippen LogP contribution is -2.46. The van der Waals surface area contributed by atoms with Gasteiger partial charge in [-0.3, -0.25) is 0 Å². The van der Waals surface area contributed by atoms with Crippen LogP contribution in [-0.2, 0) is 16.5 Å². The molecular formula is C19H27N3O4. The number of ether oxygens (including phenoxy) is 2. The van der Waals surface area contributed by atoms with Crippen LogP contribution in [0.3, 0.4) is 0 Å². The summed E-state index contributed by atoms with van der Waals surface area (Å²) in [5, 5.41) is 11.8. The van der Waals surface area contributed by atoms with Gasteiger partial charge < -0.3 is 19.4 Å². The number of nitrogens with zero attached hydrogens (tertiary/aromatic N) is 2. The lowest BCUT2D eigenvalue weighted by Gasteiger charge is -2.28. The quantitative estimate of drug-likeness (QED) is 0.659. The Kier molecular flexibility index (Phi) is 6.30. The highest BCUT2D eigenvalue weighted by atomic mass is 16.6. The third kappa shape index (κ3) is 5.51. The zero-order valence-corrected chi connectivity index (χ0v) is 15.9. The van der Waals surface area contributed by atoms with Gasteiger partial charge in [0, 0.05) is 13.2 Å². The van der Waals surface area contributed by atoms with Gasteiger partial charge in [0.25, 0.3) is 0 Å². The fourth-order valence-corrected chi connectivity index (χ4v) is 3.07. The first-order valence-corrected chi connectivity index (χ1v) is 8.96. The largest absolute Gasteiger partial charge is 0.456 e. The molecule has 0 aromatic carbocycles. The third-order valence-electron chi connectivity index (χ3n) is 4.26. The topological polar surface area (TPSA) is 93.4 Å². The van der Waals surface area contributed by atoms with Crippen LogP contribution in [-0.4, -0.2) is 34.4 Å². The summed E-state index contributed by atoms with van der Waals surface area (Å²) in [5.74, 6) is -0.489. The second-order valence-corrected chi connectivity index (χ2v) is 7.67. The summed E-state index contributed by atoms with van der Waals surface area (Å²) < 4.78 is 12.6. The number of aryl methyl sites for hydroxylation is 1. The van der Waals surface area contributed by atoms with Gasteiger partial charge in [0.1, 0.15) is 23.5 Å². The van der Waals surface area contributed by atoms with Crippen molar-refractivity contribution in [3.8, 4) is 6.07 Å². The maximum Gasteiger partial charge on any atom is 0.408 e. The van der Waals surface area contributed by atoms with Gasteiger partial charge in [-0.15, -0.1) is 0 Å². The molecule has 0 radical (unpaired) electrons. The van der Waals surface area contributed by atoms with Gasteiger partial charge in [-0.05, 0) is 46.1 Å². The van der Waals surface area contributed by atoms with Crippen LogP contribution in [0.25, 0.3) is 0 Å². The first-order valence-electron chi connectivity index (χ1n) is 8.96. The van der Waals surface area contributed by atoms with Crippen molar-refractivity contribution < 1.29 is 19.1 Å². The number of esters is 1. The van der Waals surface area contributed by atoms with Crippen LogP contribution in [0.15, 0.2) is 12.3 Å². The van der Waals surface area contributed by atoms with Crippen molar-refractivity contribution in [3.05, 3.63) is 23.5 Å². The summed E-state index contributed by atoms with van der Waals surface area (Å²) in [6.07, 6.45) is 4.99. The molecule has 1 amide bonds. The molecule has 0 spiro atoms. The van der Waals surface area contributed by atoms with Crippen LogP contribution >= 0.6 is 0 Å². The van der Waals surface area contributed by atoms with Crippen molar-refractivity contribution in [3.63, 3.8) is 0 Å². The lowest BCUT2D eigenvalue weighted by atomic mass is 10.1. The molecule has 1 N–H and O–H groups in total. The molecule has 0 aliphatic heterocycles. The molecule has 1 aromatic heterocycles. The average molecular weight is 361 g/mol. The highest BCUT2D eigenvalue weighted by molar-refractivity contribution is 5.88. The number of hydrogen-bond acceptors (Lipinski definition) is 5. The molecule has 0 saturated heterocycles. The van der Waals surface area contributed by atoms with Crippen molar-refractivity contribution >= 4 is 12.1 Å². The van der Waals surface area contributed by atoms with Crippen LogP contribution in [0, 0.1) is 11.3 Å². The van der Waals surface area contributed by atoms with E-state index in [1.807, 2.05) is 6.07 Å². The zero-order valence-electron chi connectivity index (χ0n) is 15.9. The van der Waals surface area contributed by atoms with Crippen molar-refractivity contribution in [2.75, 3.05) is 0 Å². The Morgan fingerprint density at radius 2 is 1.96 bits per heavy atom. The van der Waals surface area contributed by atoms with E-state index in [0.29, 0.717) is 17.7 Å². The Morgan fingerprint density at radius 3 is 2.58 bits per heavy atom. The van der Waals surface area contributed by atoms with E-state index in [1.54, 1.807) is 38.6 Å². The van der Waals surface area contributed by atoms with E-state index < -0.39 is 23.8 Å². The summed E-state index contributed by atoms with van der Waals surface area (Å²) in [5.41, 5.74) is 0.142. The SMILES string of the molecule is Cn1cc(C#N)cc1C(=O)O[C@H]1CCCCC[C@@H]1NC(=O)OC(C)(C)C. The number of carbonyl (C=O) groups is 2. The molecular weight excluding hydrogens is 334 g/mol. The minimum Gasteiger partial charge on any atom is -0.456 e. The van der Waals surface area contributed by atoms with E-state index in [9.17, 15) is 9.59 Å². The smallest absolute Gasteiger partial charge is 0.408 e. The van der Waals surface area contributed by atoms with Gasteiger partial charge in [0.05, 0.1) is 11.6 Å². The molecule has 7 heteroatoms. The number of rotatable bonds is 3. The summed E-state index contributed by atoms with van der Waals surface area (Å²) in [6, 6.07) is 3.24. The fraction of sp³-hybridized carbons (Fsp3) is 0.632. The molecule has 0 bridgehead atoms. The highest BCUT2D eigenvalue weighted by Gasteiger charge is 2.31. The predicted octanol–water partition coefficient (Wildman–Crippen LogP) is 3.28. The molecule has 1 heterocycles. The first kappa shape index (κ1) is 19.8. The number of hydrogen-bond donors (Lipinski definition) is 1. The molecule has 26 heavy (non-hydrogen) atoms. The number of aromatic nitrogens is 1. The standard InChI is InChI=1S/C19H27N3O4/c1-19(2,3)26-18(24)21-14-8-6-5-7-9-16(14)25-17(23)15-10-13(11-20)12-22(15)4/h10,12,14,16H,5-9H2,1-4H3,(H,21,24)/t14-,16-/m0/s1. The van der Waals surface area contributed by atoms with Gasteiger partial charge in [-0.2, -0.15) is 5.26 Å². The second-order valence-electron chi connectivity index (χ2n) is 7.67.